The summed E-state index contributed by atoms with van der Waals surface area (Å²) < 4.78 is 0. The quantitative estimate of drug-likeness (QED) is 0.508. The van der Waals surface area contributed by atoms with Gasteiger partial charge >= 0.3 is 0 Å². The summed E-state index contributed by atoms with van der Waals surface area (Å²) in [5, 5.41) is 0. The molecule has 0 atom stereocenters. The number of carbonyl (C=O) groups excluding carboxylic acids is 1. The molecule has 0 amide bonds. The third kappa shape index (κ3) is 3.29. The maximum Gasteiger partial charge on any atom is 0.135 e. The van der Waals surface area contributed by atoms with Crippen LogP contribution in [0.25, 0.3) is 0 Å². The Hall–Kier alpha value is -3.11. The van der Waals surface area contributed by atoms with Crippen molar-refractivity contribution < 1.29 is 4.79 Å². The fourth-order valence-corrected chi connectivity index (χ4v) is 2.83. The first-order valence-corrected chi connectivity index (χ1v) is 7.96. The molecule has 0 aromatic heterocycles. The maximum atomic E-state index is 12.2. The Morgan fingerprint density at radius 1 is 0.708 bits per heavy atom. The number of hydrogen-bond acceptors (Lipinski definition) is 1. The average Bonchev–Trinajstić information content (AvgIpc) is 2.68. The second-order valence-corrected chi connectivity index (χ2v) is 5.67. The molecule has 1 heteroatoms. The first-order valence-electron chi connectivity index (χ1n) is 7.96. The summed E-state index contributed by atoms with van der Waals surface area (Å²) in [5.74, 6) is 6.37. The summed E-state index contributed by atoms with van der Waals surface area (Å²) in [6.45, 7) is 0. The number of carbonyl (C=O) groups is 1. The van der Waals surface area contributed by atoms with Crippen molar-refractivity contribution in [3.8, 4) is 11.8 Å². The van der Waals surface area contributed by atoms with Crippen LogP contribution in [0.15, 0.2) is 91.0 Å². The molecule has 1 nitrogen and oxygen atoms in total. The summed E-state index contributed by atoms with van der Waals surface area (Å²) in [6, 6.07) is 29.6. The zero-order valence-corrected chi connectivity index (χ0v) is 13.4. The molecule has 0 radical (unpaired) electrons. The van der Waals surface area contributed by atoms with E-state index in [1.807, 2.05) is 91.0 Å². The lowest BCUT2D eigenvalue weighted by atomic mass is 9.73. The highest BCUT2D eigenvalue weighted by atomic mass is 16.1. The van der Waals surface area contributed by atoms with Crippen LogP contribution in [0.2, 0.25) is 0 Å². The predicted molar refractivity (Wildman–Crippen MR) is 97.7 cm³/mol. The van der Waals surface area contributed by atoms with Gasteiger partial charge in [-0.15, -0.1) is 0 Å². The zero-order valence-electron chi connectivity index (χ0n) is 13.4. The monoisotopic (exact) mass is 310 g/mol. The predicted octanol–water partition coefficient (Wildman–Crippen LogP) is 4.61. The molecule has 0 unspecified atom stereocenters. The molecule has 24 heavy (non-hydrogen) atoms. The van der Waals surface area contributed by atoms with Gasteiger partial charge in [0.1, 0.15) is 6.29 Å². The summed E-state index contributed by atoms with van der Waals surface area (Å²) in [7, 11) is 0. The first kappa shape index (κ1) is 15.8. The van der Waals surface area contributed by atoms with E-state index in [0.29, 0.717) is 6.42 Å². The van der Waals surface area contributed by atoms with Crippen molar-refractivity contribution in [2.45, 2.75) is 11.8 Å². The van der Waals surface area contributed by atoms with E-state index in [9.17, 15) is 4.79 Å². The molecule has 0 aliphatic heterocycles. The summed E-state index contributed by atoms with van der Waals surface area (Å²) >= 11 is 0. The molecule has 0 aliphatic rings. The third-order valence-corrected chi connectivity index (χ3v) is 4.15. The minimum Gasteiger partial charge on any atom is -0.302 e. The zero-order chi connectivity index (χ0) is 16.7. The summed E-state index contributed by atoms with van der Waals surface area (Å²) in [5.41, 5.74) is 2.14. The Bertz CT molecular complexity index is 801. The van der Waals surface area contributed by atoms with E-state index in [1.54, 1.807) is 0 Å². The second kappa shape index (κ2) is 7.44. The molecule has 0 aliphatic carbocycles. The van der Waals surface area contributed by atoms with E-state index in [0.717, 1.165) is 23.0 Å². The lowest BCUT2D eigenvalue weighted by molar-refractivity contribution is -0.111. The Morgan fingerprint density at radius 2 is 1.17 bits per heavy atom. The van der Waals surface area contributed by atoms with Crippen molar-refractivity contribution in [3.05, 3.63) is 108 Å². The fourth-order valence-electron chi connectivity index (χ4n) is 2.83. The van der Waals surface area contributed by atoms with Crippen molar-refractivity contribution >= 4 is 6.29 Å². The molecular formula is C23H18O. The standard InChI is InChI=1S/C23H18O/c24-19-23(21-14-6-2-7-15-21,22-16-8-3-9-17-22)18-10-13-20-11-4-1-5-12-20/h1-9,11-12,14-17,19H,18H2. The van der Waals surface area contributed by atoms with Gasteiger partial charge in [-0.25, -0.2) is 0 Å². The van der Waals surface area contributed by atoms with Crippen LogP contribution < -0.4 is 0 Å². The molecule has 3 aromatic rings. The Labute approximate surface area is 143 Å². The van der Waals surface area contributed by atoms with Gasteiger partial charge in [-0.3, -0.25) is 0 Å². The molecule has 0 saturated carbocycles. The van der Waals surface area contributed by atoms with Crippen molar-refractivity contribution in [1.29, 1.82) is 0 Å². The van der Waals surface area contributed by atoms with E-state index in [2.05, 4.69) is 11.8 Å². The Kier molecular flexibility index (Phi) is 4.89. The highest BCUT2D eigenvalue weighted by Crippen LogP contribution is 2.33. The van der Waals surface area contributed by atoms with Crippen LogP contribution in [0.1, 0.15) is 23.1 Å². The summed E-state index contributed by atoms with van der Waals surface area (Å²) in [6.07, 6.45) is 1.47. The maximum absolute atomic E-state index is 12.2. The second-order valence-electron chi connectivity index (χ2n) is 5.67. The smallest absolute Gasteiger partial charge is 0.135 e. The van der Waals surface area contributed by atoms with Crippen molar-refractivity contribution in [2.75, 3.05) is 0 Å². The van der Waals surface area contributed by atoms with E-state index in [1.165, 1.54) is 0 Å². The van der Waals surface area contributed by atoms with Crippen molar-refractivity contribution in [3.63, 3.8) is 0 Å². The molecule has 116 valence electrons. The minimum atomic E-state index is -0.746. The van der Waals surface area contributed by atoms with Gasteiger partial charge in [0.2, 0.25) is 0 Å². The van der Waals surface area contributed by atoms with Gasteiger partial charge in [0.15, 0.2) is 0 Å². The third-order valence-electron chi connectivity index (χ3n) is 4.15. The molecule has 0 heterocycles. The first-order chi connectivity index (χ1) is 11.8. The molecule has 0 saturated heterocycles. The topological polar surface area (TPSA) is 17.1 Å². The lowest BCUT2D eigenvalue weighted by Crippen LogP contribution is -2.29. The van der Waals surface area contributed by atoms with E-state index < -0.39 is 5.41 Å². The molecule has 0 spiro atoms. The molecule has 0 bridgehead atoms. The van der Waals surface area contributed by atoms with Gasteiger partial charge in [-0.05, 0) is 23.3 Å². The fraction of sp³-hybridized carbons (Fsp3) is 0.0870. The van der Waals surface area contributed by atoms with Gasteiger partial charge in [-0.2, -0.15) is 0 Å². The Balaban J connectivity index is 2.03. The number of benzene rings is 3. The molecule has 3 rings (SSSR count). The van der Waals surface area contributed by atoms with E-state index in [4.69, 9.17) is 0 Å². The van der Waals surface area contributed by atoms with Gasteiger partial charge in [0, 0.05) is 12.0 Å². The van der Waals surface area contributed by atoms with Crippen LogP contribution in [-0.2, 0) is 10.2 Å². The van der Waals surface area contributed by atoms with Crippen LogP contribution in [0.3, 0.4) is 0 Å². The normalized spacial score (nSPS) is 10.5. The lowest BCUT2D eigenvalue weighted by Gasteiger charge is -2.27. The van der Waals surface area contributed by atoms with Gasteiger partial charge < -0.3 is 4.79 Å². The molecule has 0 fully saturated rings. The Morgan fingerprint density at radius 3 is 1.62 bits per heavy atom. The number of aldehydes is 1. The van der Waals surface area contributed by atoms with Gasteiger partial charge in [0.05, 0.1) is 5.41 Å². The molecule has 3 aromatic carbocycles. The highest BCUT2D eigenvalue weighted by molar-refractivity contribution is 5.75. The largest absolute Gasteiger partial charge is 0.302 e. The van der Waals surface area contributed by atoms with Crippen LogP contribution in [0.4, 0.5) is 0 Å². The van der Waals surface area contributed by atoms with Crippen LogP contribution in [-0.4, -0.2) is 6.29 Å². The van der Waals surface area contributed by atoms with Gasteiger partial charge in [-0.1, -0.05) is 90.7 Å². The molecule has 0 N–H and O–H groups in total. The van der Waals surface area contributed by atoms with Crippen molar-refractivity contribution in [1.82, 2.24) is 0 Å². The van der Waals surface area contributed by atoms with Crippen LogP contribution in [0, 0.1) is 11.8 Å². The summed E-state index contributed by atoms with van der Waals surface area (Å²) in [4.78, 5) is 12.2. The van der Waals surface area contributed by atoms with Gasteiger partial charge in [0.25, 0.3) is 0 Å². The van der Waals surface area contributed by atoms with E-state index in [-0.39, 0.29) is 0 Å². The SMILES string of the molecule is O=CC(CC#Cc1ccccc1)(c1ccccc1)c1ccccc1. The number of rotatable bonds is 4. The van der Waals surface area contributed by atoms with Crippen molar-refractivity contribution in [2.24, 2.45) is 0 Å². The van der Waals surface area contributed by atoms with Crippen LogP contribution in [0.5, 0.6) is 0 Å². The molecular weight excluding hydrogens is 292 g/mol. The number of hydrogen-bond donors (Lipinski definition) is 0. The van der Waals surface area contributed by atoms with Crippen LogP contribution >= 0.6 is 0 Å². The average molecular weight is 310 g/mol. The van der Waals surface area contributed by atoms with E-state index >= 15 is 0 Å². The highest BCUT2D eigenvalue weighted by Gasteiger charge is 2.33. The minimum absolute atomic E-state index is 0.444.